The summed E-state index contributed by atoms with van der Waals surface area (Å²) in [6, 6.07) is 2.59. The maximum atomic E-state index is 13.8. The van der Waals surface area contributed by atoms with E-state index in [9.17, 15) is 8.78 Å². The Hall–Kier alpha value is -1.75. The van der Waals surface area contributed by atoms with Gasteiger partial charge < -0.3 is 10.2 Å². The lowest BCUT2D eigenvalue weighted by Gasteiger charge is -2.03. The molecule has 1 aromatic heterocycles. The molecule has 0 bridgehead atoms. The molecular formula is C12H12F2N2O. The first kappa shape index (κ1) is 11.7. The number of benzene rings is 1. The second kappa shape index (κ2) is 4.63. The summed E-state index contributed by atoms with van der Waals surface area (Å²) in [5.74, 6) is -0.820. The van der Waals surface area contributed by atoms with Crippen molar-refractivity contribution in [2.24, 2.45) is 5.73 Å². The van der Waals surface area contributed by atoms with Crippen LogP contribution in [0.3, 0.4) is 0 Å². The topological polar surface area (TPSA) is 52.0 Å². The van der Waals surface area contributed by atoms with Crippen LogP contribution in [0.15, 0.2) is 22.7 Å². The SMILES string of the molecule is Cc1ccc(F)c(-c2cnc(CCN)o2)c1F. The molecule has 90 valence electrons. The second-order valence-corrected chi connectivity index (χ2v) is 3.71. The highest BCUT2D eigenvalue weighted by molar-refractivity contribution is 5.59. The second-order valence-electron chi connectivity index (χ2n) is 3.71. The molecule has 17 heavy (non-hydrogen) atoms. The van der Waals surface area contributed by atoms with Gasteiger partial charge in [-0.2, -0.15) is 0 Å². The van der Waals surface area contributed by atoms with Gasteiger partial charge in [-0.15, -0.1) is 0 Å². The third kappa shape index (κ3) is 2.19. The summed E-state index contributed by atoms with van der Waals surface area (Å²) in [6.45, 7) is 1.94. The normalized spacial score (nSPS) is 10.8. The van der Waals surface area contributed by atoms with Crippen molar-refractivity contribution in [1.82, 2.24) is 4.98 Å². The summed E-state index contributed by atoms with van der Waals surface area (Å²) in [6.07, 6.45) is 1.75. The first-order chi connectivity index (χ1) is 8.13. The number of rotatable bonds is 3. The molecule has 0 saturated carbocycles. The lowest BCUT2D eigenvalue weighted by atomic mass is 10.1. The maximum Gasteiger partial charge on any atom is 0.196 e. The van der Waals surface area contributed by atoms with E-state index in [4.69, 9.17) is 10.2 Å². The van der Waals surface area contributed by atoms with Gasteiger partial charge in [-0.3, -0.25) is 0 Å². The van der Waals surface area contributed by atoms with Gasteiger partial charge in [0.1, 0.15) is 11.6 Å². The standard InChI is InChI=1S/C12H12F2N2O/c1-7-2-3-8(13)11(12(7)14)9-6-16-10(17-9)4-5-15/h2-3,6H,4-5,15H2,1H3. The Bertz CT molecular complexity index is 537. The van der Waals surface area contributed by atoms with Gasteiger partial charge in [-0.1, -0.05) is 6.07 Å². The Labute approximate surface area is 97.3 Å². The Kier molecular flexibility index (Phi) is 3.19. The molecule has 0 atom stereocenters. The molecule has 1 aromatic carbocycles. The fourth-order valence-electron chi connectivity index (χ4n) is 1.55. The number of hydrogen-bond donors (Lipinski definition) is 1. The quantitative estimate of drug-likeness (QED) is 0.893. The first-order valence-corrected chi connectivity index (χ1v) is 5.23. The Balaban J connectivity index is 2.48. The van der Waals surface area contributed by atoms with Gasteiger partial charge in [0, 0.05) is 13.0 Å². The van der Waals surface area contributed by atoms with Gasteiger partial charge >= 0.3 is 0 Å². The average Bonchev–Trinajstić information content (AvgIpc) is 2.73. The van der Waals surface area contributed by atoms with Gasteiger partial charge in [-0.05, 0) is 18.6 Å². The molecule has 2 N–H and O–H groups in total. The van der Waals surface area contributed by atoms with E-state index in [1.807, 2.05) is 0 Å². The van der Waals surface area contributed by atoms with Gasteiger partial charge in [0.2, 0.25) is 0 Å². The van der Waals surface area contributed by atoms with Crippen LogP contribution in [-0.2, 0) is 6.42 Å². The van der Waals surface area contributed by atoms with Crippen molar-refractivity contribution in [3.05, 3.63) is 41.4 Å². The van der Waals surface area contributed by atoms with E-state index in [0.717, 1.165) is 0 Å². The fraction of sp³-hybridized carbons (Fsp3) is 0.250. The van der Waals surface area contributed by atoms with Crippen molar-refractivity contribution < 1.29 is 13.2 Å². The molecule has 2 aromatic rings. The van der Waals surface area contributed by atoms with Gasteiger partial charge in [-0.25, -0.2) is 13.8 Å². The summed E-state index contributed by atoms with van der Waals surface area (Å²) >= 11 is 0. The summed E-state index contributed by atoms with van der Waals surface area (Å²) in [4.78, 5) is 3.91. The molecule has 0 aliphatic heterocycles. The smallest absolute Gasteiger partial charge is 0.196 e. The van der Waals surface area contributed by atoms with E-state index in [0.29, 0.717) is 24.4 Å². The average molecular weight is 238 g/mol. The molecule has 0 unspecified atom stereocenters. The van der Waals surface area contributed by atoms with Crippen molar-refractivity contribution in [2.75, 3.05) is 6.54 Å². The highest BCUT2D eigenvalue weighted by atomic mass is 19.1. The molecule has 1 heterocycles. The van der Waals surface area contributed by atoms with E-state index in [1.54, 1.807) is 6.92 Å². The third-order valence-corrected chi connectivity index (χ3v) is 2.44. The molecule has 3 nitrogen and oxygen atoms in total. The number of nitrogens with two attached hydrogens (primary N) is 1. The zero-order valence-electron chi connectivity index (χ0n) is 9.34. The Morgan fingerprint density at radius 3 is 2.82 bits per heavy atom. The highest BCUT2D eigenvalue weighted by Gasteiger charge is 2.17. The van der Waals surface area contributed by atoms with Crippen LogP contribution in [0, 0.1) is 18.6 Å². The van der Waals surface area contributed by atoms with Crippen molar-refractivity contribution >= 4 is 0 Å². The first-order valence-electron chi connectivity index (χ1n) is 5.23. The van der Waals surface area contributed by atoms with E-state index in [1.165, 1.54) is 18.3 Å². The van der Waals surface area contributed by atoms with Crippen LogP contribution in [0.5, 0.6) is 0 Å². The Morgan fingerprint density at radius 1 is 1.35 bits per heavy atom. The van der Waals surface area contributed by atoms with Crippen LogP contribution >= 0.6 is 0 Å². The Morgan fingerprint density at radius 2 is 2.12 bits per heavy atom. The predicted octanol–water partition coefficient (Wildman–Crippen LogP) is 2.43. The minimum absolute atomic E-state index is 0.0900. The summed E-state index contributed by atoms with van der Waals surface area (Å²) in [7, 11) is 0. The molecule has 0 amide bonds. The molecule has 0 spiro atoms. The van der Waals surface area contributed by atoms with E-state index < -0.39 is 11.6 Å². The molecule has 0 radical (unpaired) electrons. The van der Waals surface area contributed by atoms with Gasteiger partial charge in [0.05, 0.1) is 11.8 Å². The van der Waals surface area contributed by atoms with E-state index >= 15 is 0 Å². The molecule has 0 fully saturated rings. The van der Waals surface area contributed by atoms with Crippen molar-refractivity contribution in [1.29, 1.82) is 0 Å². The van der Waals surface area contributed by atoms with Crippen LogP contribution in [-0.4, -0.2) is 11.5 Å². The number of oxazole rings is 1. The number of aromatic nitrogens is 1. The molecule has 0 aliphatic carbocycles. The van der Waals surface area contributed by atoms with Crippen LogP contribution in [0.2, 0.25) is 0 Å². The van der Waals surface area contributed by atoms with Crippen LogP contribution in [0.1, 0.15) is 11.5 Å². The minimum atomic E-state index is -0.663. The zero-order valence-corrected chi connectivity index (χ0v) is 9.34. The highest BCUT2D eigenvalue weighted by Crippen LogP contribution is 2.28. The molecular weight excluding hydrogens is 226 g/mol. The van der Waals surface area contributed by atoms with Crippen LogP contribution in [0.4, 0.5) is 8.78 Å². The van der Waals surface area contributed by atoms with E-state index in [2.05, 4.69) is 4.98 Å². The molecule has 0 saturated heterocycles. The number of halogens is 2. The number of hydrogen-bond acceptors (Lipinski definition) is 3. The third-order valence-electron chi connectivity index (χ3n) is 2.44. The fourth-order valence-corrected chi connectivity index (χ4v) is 1.55. The predicted molar refractivity (Wildman–Crippen MR) is 59.4 cm³/mol. The zero-order chi connectivity index (χ0) is 12.4. The van der Waals surface area contributed by atoms with Crippen LogP contribution in [0.25, 0.3) is 11.3 Å². The monoisotopic (exact) mass is 238 g/mol. The van der Waals surface area contributed by atoms with Gasteiger partial charge in [0.25, 0.3) is 0 Å². The summed E-state index contributed by atoms with van der Waals surface area (Å²) in [5.41, 5.74) is 5.52. The van der Waals surface area contributed by atoms with Crippen molar-refractivity contribution in [3.8, 4) is 11.3 Å². The summed E-state index contributed by atoms with van der Waals surface area (Å²) in [5, 5.41) is 0. The summed E-state index contributed by atoms with van der Waals surface area (Å²) < 4.78 is 32.6. The minimum Gasteiger partial charge on any atom is -0.440 e. The van der Waals surface area contributed by atoms with Crippen molar-refractivity contribution in [2.45, 2.75) is 13.3 Å². The largest absolute Gasteiger partial charge is 0.440 e. The molecule has 2 rings (SSSR count). The molecule has 5 heteroatoms. The van der Waals surface area contributed by atoms with Gasteiger partial charge in [0.15, 0.2) is 11.7 Å². The maximum absolute atomic E-state index is 13.8. The van der Waals surface area contributed by atoms with Crippen LogP contribution < -0.4 is 5.73 Å². The van der Waals surface area contributed by atoms with E-state index in [-0.39, 0.29) is 11.3 Å². The number of aryl methyl sites for hydroxylation is 1. The molecule has 0 aliphatic rings. The lowest BCUT2D eigenvalue weighted by Crippen LogP contribution is -2.02. The van der Waals surface area contributed by atoms with Crippen molar-refractivity contribution in [3.63, 3.8) is 0 Å². The lowest BCUT2D eigenvalue weighted by molar-refractivity contribution is 0.496. The number of nitrogens with zero attached hydrogens (tertiary/aromatic N) is 1.